The maximum atomic E-state index is 12.6. The van der Waals surface area contributed by atoms with Crippen LogP contribution in [-0.4, -0.2) is 55.3 Å². The number of benzene rings is 1. The zero-order valence-corrected chi connectivity index (χ0v) is 16.7. The summed E-state index contributed by atoms with van der Waals surface area (Å²) in [4.78, 5) is 15.2. The quantitative estimate of drug-likeness (QED) is 0.728. The van der Waals surface area contributed by atoms with E-state index in [0.29, 0.717) is 26.2 Å². The van der Waals surface area contributed by atoms with E-state index in [1.165, 1.54) is 16.6 Å². The number of hydrogen-bond acceptors (Lipinski definition) is 5. The van der Waals surface area contributed by atoms with Crippen LogP contribution in [0, 0.1) is 0 Å². The van der Waals surface area contributed by atoms with Gasteiger partial charge in [0.05, 0.1) is 6.61 Å². The fourth-order valence-corrected chi connectivity index (χ4v) is 5.36. The van der Waals surface area contributed by atoms with Crippen molar-refractivity contribution in [2.45, 2.75) is 18.0 Å². The normalized spacial score (nSPS) is 15.6. The van der Waals surface area contributed by atoms with Gasteiger partial charge in [0, 0.05) is 44.4 Å². The first-order valence-corrected chi connectivity index (χ1v) is 11.2. The average Bonchev–Trinajstić information content (AvgIpc) is 3.19. The van der Waals surface area contributed by atoms with E-state index >= 15 is 0 Å². The molecule has 7 nitrogen and oxygen atoms in total. The number of thioether (sulfide) groups is 1. The standard InChI is InChI=1S/C18H23N3O4S2/c1-25-13-15-4-2-14(3-5-15)11-20-18(22)17-10-16(12-19-17)27(23,24)21-6-8-26-9-7-21/h2-5,10,12,19H,6-9,11,13H2,1H3,(H,20,22). The minimum absolute atomic E-state index is 0.128. The van der Waals surface area contributed by atoms with Gasteiger partial charge in [-0.2, -0.15) is 16.1 Å². The zero-order chi connectivity index (χ0) is 19.3. The number of rotatable bonds is 7. The first kappa shape index (κ1) is 19.9. The molecular formula is C18H23N3O4S2. The van der Waals surface area contributed by atoms with Crippen LogP contribution in [0.2, 0.25) is 0 Å². The van der Waals surface area contributed by atoms with E-state index in [1.807, 2.05) is 24.3 Å². The van der Waals surface area contributed by atoms with Gasteiger partial charge >= 0.3 is 0 Å². The molecule has 3 rings (SSSR count). The molecule has 146 valence electrons. The van der Waals surface area contributed by atoms with Gasteiger partial charge in [0.15, 0.2) is 0 Å². The Labute approximate surface area is 163 Å². The summed E-state index contributed by atoms with van der Waals surface area (Å²) >= 11 is 1.74. The molecule has 1 amide bonds. The van der Waals surface area contributed by atoms with Crippen molar-refractivity contribution >= 4 is 27.7 Å². The van der Waals surface area contributed by atoms with Gasteiger partial charge in [0.2, 0.25) is 10.0 Å². The van der Waals surface area contributed by atoms with Crippen LogP contribution in [0.5, 0.6) is 0 Å². The van der Waals surface area contributed by atoms with Gasteiger partial charge in [-0.15, -0.1) is 0 Å². The Balaban J connectivity index is 1.61. The van der Waals surface area contributed by atoms with Gasteiger partial charge in [0.1, 0.15) is 10.6 Å². The number of sulfonamides is 1. The molecule has 2 aromatic rings. The Morgan fingerprint density at radius 1 is 1.22 bits per heavy atom. The molecule has 0 atom stereocenters. The fourth-order valence-electron chi connectivity index (χ4n) is 2.79. The third-order valence-corrected chi connectivity index (χ3v) is 7.11. The maximum absolute atomic E-state index is 12.6. The van der Waals surface area contributed by atoms with E-state index in [4.69, 9.17) is 4.74 Å². The predicted octanol–water partition coefficient (Wildman–Crippen LogP) is 1.83. The van der Waals surface area contributed by atoms with Crippen LogP contribution in [0.25, 0.3) is 0 Å². The van der Waals surface area contributed by atoms with Gasteiger partial charge in [-0.25, -0.2) is 8.42 Å². The lowest BCUT2D eigenvalue weighted by Gasteiger charge is -2.24. The van der Waals surface area contributed by atoms with Crippen LogP contribution in [0.4, 0.5) is 0 Å². The Kier molecular flexibility index (Phi) is 6.59. The number of nitrogens with one attached hydrogen (secondary N) is 2. The molecule has 9 heteroatoms. The minimum Gasteiger partial charge on any atom is -0.380 e. The molecule has 1 aromatic carbocycles. The van der Waals surface area contributed by atoms with E-state index < -0.39 is 10.0 Å². The monoisotopic (exact) mass is 409 g/mol. The van der Waals surface area contributed by atoms with E-state index in [0.717, 1.165) is 22.6 Å². The molecule has 2 N–H and O–H groups in total. The van der Waals surface area contributed by atoms with Crippen molar-refractivity contribution in [1.82, 2.24) is 14.6 Å². The second-order valence-corrected chi connectivity index (χ2v) is 9.36. The predicted molar refractivity (Wildman–Crippen MR) is 105 cm³/mol. The smallest absolute Gasteiger partial charge is 0.268 e. The van der Waals surface area contributed by atoms with Crippen LogP contribution in [0.1, 0.15) is 21.6 Å². The van der Waals surface area contributed by atoms with Gasteiger partial charge in [-0.1, -0.05) is 24.3 Å². The molecule has 1 aliphatic rings. The number of H-pyrrole nitrogens is 1. The fraction of sp³-hybridized carbons (Fsp3) is 0.389. The zero-order valence-electron chi connectivity index (χ0n) is 15.1. The molecule has 2 heterocycles. The molecular weight excluding hydrogens is 386 g/mol. The Morgan fingerprint density at radius 2 is 1.89 bits per heavy atom. The first-order valence-electron chi connectivity index (χ1n) is 8.62. The summed E-state index contributed by atoms with van der Waals surface area (Å²) in [7, 11) is -1.91. The number of amides is 1. The highest BCUT2D eigenvalue weighted by molar-refractivity contribution is 7.99. The number of methoxy groups -OCH3 is 1. The topological polar surface area (TPSA) is 91.5 Å². The molecule has 0 spiro atoms. The van der Waals surface area contributed by atoms with Crippen LogP contribution in [-0.2, 0) is 27.9 Å². The Morgan fingerprint density at radius 3 is 2.56 bits per heavy atom. The summed E-state index contributed by atoms with van der Waals surface area (Å²) in [5.41, 5.74) is 2.24. The van der Waals surface area contributed by atoms with Crippen molar-refractivity contribution in [2.24, 2.45) is 0 Å². The Bertz CT molecular complexity index is 872. The summed E-state index contributed by atoms with van der Waals surface area (Å²) in [6.07, 6.45) is 1.38. The summed E-state index contributed by atoms with van der Waals surface area (Å²) in [5.74, 6) is 1.24. The van der Waals surface area contributed by atoms with Crippen LogP contribution in [0.3, 0.4) is 0 Å². The third-order valence-electron chi connectivity index (χ3n) is 4.30. The van der Waals surface area contributed by atoms with E-state index in [1.54, 1.807) is 18.9 Å². The van der Waals surface area contributed by atoms with Crippen molar-refractivity contribution in [3.63, 3.8) is 0 Å². The Hall–Kier alpha value is -1.81. The summed E-state index contributed by atoms with van der Waals surface area (Å²) in [5, 5.41) is 2.80. The van der Waals surface area contributed by atoms with Crippen molar-refractivity contribution in [3.8, 4) is 0 Å². The number of hydrogen-bond donors (Lipinski definition) is 2. The number of aromatic nitrogens is 1. The second kappa shape index (κ2) is 8.92. The van der Waals surface area contributed by atoms with E-state index in [9.17, 15) is 13.2 Å². The van der Waals surface area contributed by atoms with Gasteiger partial charge in [0.25, 0.3) is 5.91 Å². The summed E-state index contributed by atoms with van der Waals surface area (Å²) in [6, 6.07) is 9.14. The van der Waals surface area contributed by atoms with Gasteiger partial charge < -0.3 is 15.0 Å². The second-order valence-electron chi connectivity index (χ2n) is 6.20. The summed E-state index contributed by atoms with van der Waals surface area (Å²) in [6.45, 7) is 1.90. The average molecular weight is 410 g/mol. The molecule has 1 aliphatic heterocycles. The lowest BCUT2D eigenvalue weighted by Crippen LogP contribution is -2.37. The lowest BCUT2D eigenvalue weighted by atomic mass is 10.1. The van der Waals surface area contributed by atoms with Gasteiger partial charge in [-0.3, -0.25) is 4.79 Å². The molecule has 0 saturated carbocycles. The number of aromatic amines is 1. The first-order chi connectivity index (χ1) is 13.0. The molecule has 0 unspecified atom stereocenters. The van der Waals surface area contributed by atoms with Crippen LogP contribution in [0.15, 0.2) is 41.4 Å². The van der Waals surface area contributed by atoms with Crippen molar-refractivity contribution < 1.29 is 17.9 Å². The van der Waals surface area contributed by atoms with Gasteiger partial charge in [-0.05, 0) is 17.2 Å². The van der Waals surface area contributed by atoms with Crippen LogP contribution < -0.4 is 5.32 Å². The summed E-state index contributed by atoms with van der Waals surface area (Å²) < 4.78 is 31.8. The molecule has 1 aromatic heterocycles. The number of carbonyl (C=O) groups excluding carboxylic acids is 1. The molecule has 1 saturated heterocycles. The largest absolute Gasteiger partial charge is 0.380 e. The van der Waals surface area contributed by atoms with E-state index in [2.05, 4.69) is 10.3 Å². The van der Waals surface area contributed by atoms with Crippen molar-refractivity contribution in [3.05, 3.63) is 53.3 Å². The van der Waals surface area contributed by atoms with E-state index in [-0.39, 0.29) is 16.5 Å². The molecule has 1 fully saturated rings. The van der Waals surface area contributed by atoms with Crippen LogP contribution >= 0.6 is 11.8 Å². The SMILES string of the molecule is COCc1ccc(CNC(=O)c2cc(S(=O)(=O)N3CCSCC3)c[nH]2)cc1. The minimum atomic E-state index is -3.56. The molecule has 0 aliphatic carbocycles. The molecule has 0 radical (unpaired) electrons. The third kappa shape index (κ3) is 4.92. The maximum Gasteiger partial charge on any atom is 0.268 e. The van der Waals surface area contributed by atoms with Crippen molar-refractivity contribution in [1.29, 1.82) is 0 Å². The number of ether oxygens (including phenoxy) is 1. The highest BCUT2D eigenvalue weighted by Crippen LogP contribution is 2.20. The lowest BCUT2D eigenvalue weighted by molar-refractivity contribution is 0.0946. The molecule has 27 heavy (non-hydrogen) atoms. The highest BCUT2D eigenvalue weighted by atomic mass is 32.2. The molecule has 0 bridgehead atoms. The number of nitrogens with zero attached hydrogens (tertiary/aromatic N) is 1. The van der Waals surface area contributed by atoms with Crippen molar-refractivity contribution in [2.75, 3.05) is 31.7 Å². The number of carbonyl (C=O) groups is 1. The highest BCUT2D eigenvalue weighted by Gasteiger charge is 2.27.